The standard InChI is InChI=1S/C47H29N7/c1-4-16-30(17-5-1)43-46(49-36-25-13-12-24-35(36)48-43)53-37-26-14-10-22-33(37)41-39(53)28-29-40-42(41)34-23-11-15-27-38(34)54(40)47-51-44(31-18-6-2-7-19-31)50-45(52-47)32-20-8-3-9-21-32/h1-29H. The fourth-order valence-electron chi connectivity index (χ4n) is 7.80. The molecule has 0 atom stereocenters. The van der Waals surface area contributed by atoms with E-state index in [0.29, 0.717) is 17.6 Å². The average Bonchev–Trinajstić information content (AvgIpc) is 3.77. The van der Waals surface area contributed by atoms with Crippen LogP contribution in [-0.2, 0) is 0 Å². The van der Waals surface area contributed by atoms with Gasteiger partial charge in [-0.15, -0.1) is 0 Å². The number of benzene rings is 7. The van der Waals surface area contributed by atoms with Crippen LogP contribution in [0.2, 0.25) is 0 Å². The van der Waals surface area contributed by atoms with E-state index in [2.05, 4.69) is 81.9 Å². The van der Waals surface area contributed by atoms with Crippen molar-refractivity contribution >= 4 is 54.6 Å². The highest BCUT2D eigenvalue weighted by molar-refractivity contribution is 6.28. The number of hydrogen-bond donors (Lipinski definition) is 0. The van der Waals surface area contributed by atoms with Gasteiger partial charge >= 0.3 is 0 Å². The van der Waals surface area contributed by atoms with E-state index < -0.39 is 0 Å². The van der Waals surface area contributed by atoms with E-state index in [1.807, 2.05) is 103 Å². The van der Waals surface area contributed by atoms with Gasteiger partial charge in [-0.05, 0) is 36.4 Å². The Kier molecular flexibility index (Phi) is 6.72. The van der Waals surface area contributed by atoms with Gasteiger partial charge in [-0.25, -0.2) is 15.0 Å². The zero-order chi connectivity index (χ0) is 35.6. The molecule has 0 aliphatic rings. The van der Waals surface area contributed by atoms with Crippen LogP contribution < -0.4 is 0 Å². The summed E-state index contributed by atoms with van der Waals surface area (Å²) in [6, 6.07) is 60.1. The van der Waals surface area contributed by atoms with E-state index in [1.165, 1.54) is 0 Å². The summed E-state index contributed by atoms with van der Waals surface area (Å²) in [5.41, 5.74) is 9.49. The smallest absolute Gasteiger partial charge is 0.238 e. The van der Waals surface area contributed by atoms with Crippen molar-refractivity contribution in [1.29, 1.82) is 0 Å². The Balaban J connectivity index is 1.25. The summed E-state index contributed by atoms with van der Waals surface area (Å²) in [4.78, 5) is 25.9. The molecule has 4 aromatic heterocycles. The van der Waals surface area contributed by atoms with Gasteiger partial charge in [0.15, 0.2) is 17.5 Å². The molecule has 11 aromatic rings. The Labute approximate surface area is 309 Å². The monoisotopic (exact) mass is 691 g/mol. The Morgan fingerprint density at radius 3 is 1.33 bits per heavy atom. The Hall–Kier alpha value is -7.51. The van der Waals surface area contributed by atoms with Gasteiger partial charge in [0.05, 0.1) is 33.1 Å². The largest absolute Gasteiger partial charge is 0.292 e. The molecule has 0 aliphatic carbocycles. The molecule has 0 fully saturated rings. The number of nitrogens with zero attached hydrogens (tertiary/aromatic N) is 7. The van der Waals surface area contributed by atoms with E-state index in [-0.39, 0.29) is 0 Å². The van der Waals surface area contributed by atoms with Gasteiger partial charge in [0.25, 0.3) is 0 Å². The first-order valence-electron chi connectivity index (χ1n) is 18.0. The predicted molar refractivity (Wildman–Crippen MR) is 218 cm³/mol. The van der Waals surface area contributed by atoms with Crippen molar-refractivity contribution < 1.29 is 0 Å². The fraction of sp³-hybridized carbons (Fsp3) is 0. The van der Waals surface area contributed by atoms with E-state index in [1.54, 1.807) is 0 Å². The molecule has 0 bridgehead atoms. The highest BCUT2D eigenvalue weighted by atomic mass is 15.2. The zero-order valence-electron chi connectivity index (χ0n) is 28.9. The van der Waals surface area contributed by atoms with Crippen molar-refractivity contribution in [2.45, 2.75) is 0 Å². The molecule has 0 saturated heterocycles. The summed E-state index contributed by atoms with van der Waals surface area (Å²) in [5, 5.41) is 4.49. The lowest BCUT2D eigenvalue weighted by Gasteiger charge is -2.14. The van der Waals surface area contributed by atoms with Crippen molar-refractivity contribution in [3.05, 3.63) is 176 Å². The molecule has 0 radical (unpaired) electrons. The van der Waals surface area contributed by atoms with Crippen LogP contribution in [0.3, 0.4) is 0 Å². The van der Waals surface area contributed by atoms with Gasteiger partial charge in [-0.1, -0.05) is 140 Å². The first-order valence-corrected chi connectivity index (χ1v) is 18.0. The molecule has 0 amide bonds. The molecule has 0 unspecified atom stereocenters. The quantitative estimate of drug-likeness (QED) is 0.180. The van der Waals surface area contributed by atoms with Crippen LogP contribution in [0, 0.1) is 0 Å². The molecule has 0 saturated carbocycles. The molecule has 54 heavy (non-hydrogen) atoms. The second-order valence-electron chi connectivity index (χ2n) is 13.3. The van der Waals surface area contributed by atoms with Crippen LogP contribution in [0.5, 0.6) is 0 Å². The van der Waals surface area contributed by atoms with Gasteiger partial charge in [-0.2, -0.15) is 9.97 Å². The van der Waals surface area contributed by atoms with Gasteiger partial charge in [0, 0.05) is 38.2 Å². The molecule has 7 nitrogen and oxygen atoms in total. The highest BCUT2D eigenvalue weighted by Crippen LogP contribution is 2.43. The third-order valence-corrected chi connectivity index (χ3v) is 10.2. The van der Waals surface area contributed by atoms with Crippen LogP contribution in [0.15, 0.2) is 176 Å². The average molecular weight is 692 g/mol. The SMILES string of the molecule is c1ccc(-c2nc(-c3ccccc3)nc(-n3c4ccccc4c4c5c6ccccc6n(-c6nc7ccccc7nc6-c6ccccc6)c5ccc43)n2)cc1. The topological polar surface area (TPSA) is 74.3 Å². The van der Waals surface area contributed by atoms with Crippen LogP contribution in [0.4, 0.5) is 0 Å². The Morgan fingerprint density at radius 2 is 0.759 bits per heavy atom. The fourth-order valence-corrected chi connectivity index (χ4v) is 7.80. The molecule has 7 heteroatoms. The number of para-hydroxylation sites is 4. The zero-order valence-corrected chi connectivity index (χ0v) is 28.9. The van der Waals surface area contributed by atoms with Crippen LogP contribution in [-0.4, -0.2) is 34.1 Å². The van der Waals surface area contributed by atoms with Crippen molar-refractivity contribution in [3.63, 3.8) is 0 Å². The highest BCUT2D eigenvalue weighted by Gasteiger charge is 2.24. The predicted octanol–water partition coefficient (Wildman–Crippen LogP) is 11.0. The maximum absolute atomic E-state index is 5.33. The normalized spacial score (nSPS) is 11.7. The third-order valence-electron chi connectivity index (χ3n) is 10.2. The van der Waals surface area contributed by atoms with Crippen molar-refractivity contribution in [1.82, 2.24) is 34.1 Å². The van der Waals surface area contributed by atoms with E-state index in [0.717, 1.165) is 82.8 Å². The van der Waals surface area contributed by atoms with E-state index in [9.17, 15) is 0 Å². The maximum Gasteiger partial charge on any atom is 0.238 e. The van der Waals surface area contributed by atoms with Crippen LogP contribution >= 0.6 is 0 Å². The molecule has 252 valence electrons. The minimum atomic E-state index is 0.559. The first kappa shape index (κ1) is 30.1. The summed E-state index contributed by atoms with van der Waals surface area (Å²) in [6.07, 6.45) is 0. The summed E-state index contributed by atoms with van der Waals surface area (Å²) < 4.78 is 4.46. The summed E-state index contributed by atoms with van der Waals surface area (Å²) in [6.45, 7) is 0. The van der Waals surface area contributed by atoms with Crippen molar-refractivity contribution in [3.8, 4) is 45.8 Å². The summed E-state index contributed by atoms with van der Waals surface area (Å²) >= 11 is 0. The summed E-state index contributed by atoms with van der Waals surface area (Å²) in [7, 11) is 0. The summed E-state index contributed by atoms with van der Waals surface area (Å²) in [5.74, 6) is 2.58. The van der Waals surface area contributed by atoms with Crippen LogP contribution in [0.25, 0.3) is 100 Å². The molecule has 0 spiro atoms. The van der Waals surface area contributed by atoms with Crippen molar-refractivity contribution in [2.75, 3.05) is 0 Å². The minimum Gasteiger partial charge on any atom is -0.292 e. The second kappa shape index (κ2) is 12.0. The van der Waals surface area contributed by atoms with Crippen LogP contribution in [0.1, 0.15) is 0 Å². The Morgan fingerprint density at radius 1 is 0.315 bits per heavy atom. The lowest BCUT2D eigenvalue weighted by molar-refractivity contribution is 0.953. The molecule has 4 heterocycles. The van der Waals surface area contributed by atoms with Gasteiger partial charge < -0.3 is 0 Å². The minimum absolute atomic E-state index is 0.559. The van der Waals surface area contributed by atoms with E-state index >= 15 is 0 Å². The lowest BCUT2D eigenvalue weighted by atomic mass is 10.1. The molecule has 0 N–H and O–H groups in total. The number of rotatable bonds is 5. The first-order chi connectivity index (χ1) is 26.8. The molecule has 7 aromatic carbocycles. The number of fused-ring (bicyclic) bond motifs is 8. The maximum atomic E-state index is 5.33. The van der Waals surface area contributed by atoms with Gasteiger partial charge in [0.2, 0.25) is 5.95 Å². The Bertz CT molecular complexity index is 3150. The molecular formula is C47H29N7. The van der Waals surface area contributed by atoms with Gasteiger partial charge in [-0.3, -0.25) is 9.13 Å². The number of aromatic nitrogens is 7. The molecule has 0 aliphatic heterocycles. The second-order valence-corrected chi connectivity index (χ2v) is 13.3. The van der Waals surface area contributed by atoms with Gasteiger partial charge in [0.1, 0.15) is 5.69 Å². The number of hydrogen-bond acceptors (Lipinski definition) is 5. The molecular weight excluding hydrogens is 663 g/mol. The van der Waals surface area contributed by atoms with Crippen molar-refractivity contribution in [2.24, 2.45) is 0 Å². The third kappa shape index (κ3) is 4.65. The lowest BCUT2D eigenvalue weighted by Crippen LogP contribution is -2.06. The molecule has 11 rings (SSSR count). The van der Waals surface area contributed by atoms with E-state index in [4.69, 9.17) is 24.9 Å².